The molecular weight excluding hydrogens is 289 g/mol. The molecule has 7 nitrogen and oxygen atoms in total. The van der Waals surface area contributed by atoms with Crippen molar-refractivity contribution in [3.63, 3.8) is 0 Å². The largest absolute Gasteiger partial charge is 0.496 e. The summed E-state index contributed by atoms with van der Waals surface area (Å²) in [5, 5.41) is 27.7. The zero-order valence-electron chi connectivity index (χ0n) is 13.0. The number of rotatable bonds is 4. The summed E-state index contributed by atoms with van der Waals surface area (Å²) in [4.78, 5) is 14.6. The van der Waals surface area contributed by atoms with Gasteiger partial charge in [0, 0.05) is 11.7 Å². The number of nitrogens with zero attached hydrogens (tertiary/aromatic N) is 1. The molecule has 1 aromatic heterocycles. The molecule has 0 aromatic carbocycles. The highest BCUT2D eigenvalue weighted by Gasteiger charge is 2.51. The van der Waals surface area contributed by atoms with E-state index in [0.29, 0.717) is 5.46 Å². The molecule has 1 aromatic rings. The first-order chi connectivity index (χ1) is 10.0. The van der Waals surface area contributed by atoms with E-state index in [4.69, 9.17) is 14.4 Å². The molecule has 2 unspecified atom stereocenters. The lowest BCUT2D eigenvalue weighted by molar-refractivity contribution is -0.153. The molecule has 3 N–H and O–H groups in total. The average Bonchev–Trinajstić information content (AvgIpc) is 2.66. The van der Waals surface area contributed by atoms with Gasteiger partial charge < -0.3 is 24.6 Å². The quantitative estimate of drug-likeness (QED) is 0.664. The van der Waals surface area contributed by atoms with Crippen LogP contribution in [0.3, 0.4) is 0 Å². The number of carboxylic acid groups (broad SMARTS) is 1. The van der Waals surface area contributed by atoms with Crippen molar-refractivity contribution in [3.05, 3.63) is 24.0 Å². The van der Waals surface area contributed by atoms with Crippen molar-refractivity contribution >= 4 is 18.6 Å². The first-order valence-corrected chi connectivity index (χ1v) is 6.95. The summed E-state index contributed by atoms with van der Waals surface area (Å²) in [6.07, 6.45) is -2.07. The van der Waals surface area contributed by atoms with Crippen molar-refractivity contribution in [2.24, 2.45) is 0 Å². The molecular formula is C14H20BNO6. The molecule has 1 aliphatic heterocycles. The third-order valence-electron chi connectivity index (χ3n) is 4.19. The summed E-state index contributed by atoms with van der Waals surface area (Å²) in [6, 6.07) is 3.07. The van der Waals surface area contributed by atoms with Gasteiger partial charge in [-0.25, -0.2) is 4.79 Å². The van der Waals surface area contributed by atoms with Gasteiger partial charge in [-0.3, -0.25) is 4.98 Å². The van der Waals surface area contributed by atoms with E-state index in [1.807, 2.05) is 27.7 Å². The summed E-state index contributed by atoms with van der Waals surface area (Å²) in [7, 11) is -0.590. The van der Waals surface area contributed by atoms with E-state index in [9.17, 15) is 15.0 Å². The summed E-state index contributed by atoms with van der Waals surface area (Å²) in [6.45, 7) is 7.73. The van der Waals surface area contributed by atoms with Gasteiger partial charge in [0.1, 0.15) is 6.10 Å². The SMILES string of the molecule is CC1(C)OB(c2ccc(C(O)C(O)C(=O)O)nc2)OC1(C)C. The standard InChI is InChI=1S/C14H20BNO6/c1-13(2)14(3,4)22-15(21-13)8-5-6-9(16-7-8)10(17)11(18)12(19)20/h5-7,10-11,17-18H,1-4H3,(H,19,20). The molecule has 0 bridgehead atoms. The Hall–Kier alpha value is -1.48. The number of aliphatic carboxylic acids is 1. The maximum atomic E-state index is 10.7. The third-order valence-corrected chi connectivity index (χ3v) is 4.19. The van der Waals surface area contributed by atoms with E-state index in [1.54, 1.807) is 6.07 Å². The minimum absolute atomic E-state index is 0.0650. The molecule has 0 radical (unpaired) electrons. The van der Waals surface area contributed by atoms with Crippen molar-refractivity contribution in [3.8, 4) is 0 Å². The topological polar surface area (TPSA) is 109 Å². The van der Waals surface area contributed by atoms with Crippen molar-refractivity contribution in [1.29, 1.82) is 0 Å². The first kappa shape index (κ1) is 16.9. The molecule has 8 heteroatoms. The molecule has 1 aliphatic rings. The van der Waals surface area contributed by atoms with Gasteiger partial charge in [0.25, 0.3) is 0 Å². The monoisotopic (exact) mass is 309 g/mol. The fourth-order valence-electron chi connectivity index (χ4n) is 2.01. The molecule has 120 valence electrons. The fourth-order valence-corrected chi connectivity index (χ4v) is 2.01. The number of aromatic nitrogens is 1. The Morgan fingerprint density at radius 1 is 1.18 bits per heavy atom. The summed E-state index contributed by atoms with van der Waals surface area (Å²) >= 11 is 0. The number of aliphatic hydroxyl groups excluding tert-OH is 2. The Morgan fingerprint density at radius 3 is 2.14 bits per heavy atom. The maximum Gasteiger partial charge on any atom is 0.496 e. The molecule has 1 fully saturated rings. The zero-order valence-corrected chi connectivity index (χ0v) is 13.0. The minimum Gasteiger partial charge on any atom is -0.479 e. The highest BCUT2D eigenvalue weighted by Crippen LogP contribution is 2.36. The van der Waals surface area contributed by atoms with Gasteiger partial charge in [-0.2, -0.15) is 0 Å². The molecule has 0 aliphatic carbocycles. The van der Waals surface area contributed by atoms with Crippen LogP contribution in [-0.2, 0) is 14.1 Å². The first-order valence-electron chi connectivity index (χ1n) is 6.95. The molecule has 0 spiro atoms. The smallest absolute Gasteiger partial charge is 0.479 e. The Bertz CT molecular complexity index is 543. The van der Waals surface area contributed by atoms with Crippen molar-refractivity contribution in [1.82, 2.24) is 4.98 Å². The number of carbonyl (C=O) groups is 1. The number of aliphatic hydroxyl groups is 2. The Morgan fingerprint density at radius 2 is 1.73 bits per heavy atom. The van der Waals surface area contributed by atoms with Gasteiger partial charge in [0.2, 0.25) is 0 Å². The van der Waals surface area contributed by atoms with Crippen molar-refractivity contribution < 1.29 is 29.4 Å². The highest BCUT2D eigenvalue weighted by atomic mass is 16.7. The number of carboxylic acids is 1. The van der Waals surface area contributed by atoms with Gasteiger partial charge in [-0.15, -0.1) is 0 Å². The lowest BCUT2D eigenvalue weighted by Crippen LogP contribution is -2.41. The van der Waals surface area contributed by atoms with E-state index in [2.05, 4.69) is 4.98 Å². The van der Waals surface area contributed by atoms with Crippen LogP contribution in [0.5, 0.6) is 0 Å². The van der Waals surface area contributed by atoms with E-state index in [-0.39, 0.29) is 5.69 Å². The van der Waals surface area contributed by atoms with Crippen LogP contribution in [0, 0.1) is 0 Å². The van der Waals surface area contributed by atoms with E-state index < -0.39 is 36.5 Å². The number of pyridine rings is 1. The van der Waals surface area contributed by atoms with Crippen LogP contribution in [0.4, 0.5) is 0 Å². The predicted molar refractivity (Wildman–Crippen MR) is 78.6 cm³/mol. The molecule has 2 heterocycles. The normalized spacial score (nSPS) is 22.4. The van der Waals surface area contributed by atoms with E-state index in [1.165, 1.54) is 12.3 Å². The summed E-state index contributed by atoms with van der Waals surface area (Å²) in [5.41, 5.74) is -0.236. The van der Waals surface area contributed by atoms with Gasteiger partial charge in [-0.05, 0) is 33.8 Å². The zero-order chi connectivity index (χ0) is 16.7. The lowest BCUT2D eigenvalue weighted by atomic mass is 9.80. The summed E-state index contributed by atoms with van der Waals surface area (Å²) in [5.74, 6) is -1.51. The Balaban J connectivity index is 2.15. The summed E-state index contributed by atoms with van der Waals surface area (Å²) < 4.78 is 11.7. The fraction of sp³-hybridized carbons (Fsp3) is 0.571. The van der Waals surface area contributed by atoms with E-state index in [0.717, 1.165) is 0 Å². The molecule has 1 saturated heterocycles. The molecule has 0 saturated carbocycles. The van der Waals surface area contributed by atoms with Crippen LogP contribution in [0.2, 0.25) is 0 Å². The number of hydrogen-bond donors (Lipinski definition) is 3. The second-order valence-corrected chi connectivity index (χ2v) is 6.33. The average molecular weight is 309 g/mol. The molecule has 0 amide bonds. The molecule has 2 atom stereocenters. The predicted octanol–water partition coefficient (Wildman–Crippen LogP) is -0.140. The van der Waals surface area contributed by atoms with Crippen LogP contribution in [-0.4, -0.2) is 50.7 Å². The second-order valence-electron chi connectivity index (χ2n) is 6.33. The van der Waals surface area contributed by atoms with Crippen LogP contribution < -0.4 is 5.46 Å². The van der Waals surface area contributed by atoms with Crippen molar-refractivity contribution in [2.45, 2.75) is 51.1 Å². The van der Waals surface area contributed by atoms with Crippen molar-refractivity contribution in [2.75, 3.05) is 0 Å². The highest BCUT2D eigenvalue weighted by molar-refractivity contribution is 6.62. The van der Waals surface area contributed by atoms with E-state index >= 15 is 0 Å². The Kier molecular flexibility index (Phi) is 4.32. The van der Waals surface area contributed by atoms with Gasteiger partial charge in [-0.1, -0.05) is 6.07 Å². The maximum absolute atomic E-state index is 10.7. The van der Waals surface area contributed by atoms with Crippen LogP contribution in [0.25, 0.3) is 0 Å². The lowest BCUT2D eigenvalue weighted by Gasteiger charge is -2.32. The van der Waals surface area contributed by atoms with Crippen LogP contribution in [0.15, 0.2) is 18.3 Å². The number of hydrogen-bond acceptors (Lipinski definition) is 6. The molecule has 22 heavy (non-hydrogen) atoms. The minimum atomic E-state index is -1.92. The Labute approximate surface area is 129 Å². The van der Waals surface area contributed by atoms with Crippen LogP contribution in [0.1, 0.15) is 39.5 Å². The van der Waals surface area contributed by atoms with Crippen LogP contribution >= 0.6 is 0 Å². The third kappa shape index (κ3) is 3.00. The second kappa shape index (κ2) is 5.62. The molecule has 2 rings (SSSR count). The van der Waals surface area contributed by atoms with Gasteiger partial charge in [0.05, 0.1) is 16.9 Å². The van der Waals surface area contributed by atoms with Gasteiger partial charge >= 0.3 is 13.1 Å². The van der Waals surface area contributed by atoms with Gasteiger partial charge in [0.15, 0.2) is 6.10 Å².